The van der Waals surface area contributed by atoms with Gasteiger partial charge in [-0.2, -0.15) is 0 Å². The van der Waals surface area contributed by atoms with E-state index in [1.54, 1.807) is 13.3 Å². The lowest BCUT2D eigenvalue weighted by Crippen LogP contribution is -2.38. The standard InChI is InChI=1S/C16H23N5O2/c1-3-18-16(22)20-7-5-12(11-20)15-19-13-4-6-17-10-14(13)21(15)8-9-23-2/h4,6,10,12H,3,5,7-9,11H2,1-2H3,(H,18,22)/t12-/m1/s1. The first kappa shape index (κ1) is 15.7. The summed E-state index contributed by atoms with van der Waals surface area (Å²) in [6.07, 6.45) is 4.54. The van der Waals surface area contributed by atoms with Crippen LogP contribution in [0, 0.1) is 0 Å². The molecule has 1 aliphatic rings. The number of amides is 2. The van der Waals surface area contributed by atoms with Crippen LogP contribution in [0.25, 0.3) is 11.0 Å². The summed E-state index contributed by atoms with van der Waals surface area (Å²) < 4.78 is 7.41. The van der Waals surface area contributed by atoms with Gasteiger partial charge in [-0.3, -0.25) is 4.98 Å². The lowest BCUT2D eigenvalue weighted by atomic mass is 10.1. The highest BCUT2D eigenvalue weighted by molar-refractivity contribution is 5.76. The summed E-state index contributed by atoms with van der Waals surface area (Å²) in [7, 11) is 1.70. The second-order valence-corrected chi connectivity index (χ2v) is 5.75. The third-order valence-corrected chi connectivity index (χ3v) is 4.27. The number of carbonyl (C=O) groups is 1. The van der Waals surface area contributed by atoms with Crippen molar-refractivity contribution in [3.8, 4) is 0 Å². The van der Waals surface area contributed by atoms with Gasteiger partial charge < -0.3 is 19.5 Å². The molecule has 124 valence electrons. The number of nitrogens with one attached hydrogen (secondary N) is 1. The number of pyridine rings is 1. The highest BCUT2D eigenvalue weighted by Crippen LogP contribution is 2.29. The minimum atomic E-state index is 0.0104. The van der Waals surface area contributed by atoms with Crippen molar-refractivity contribution in [3.63, 3.8) is 0 Å². The van der Waals surface area contributed by atoms with Crippen LogP contribution < -0.4 is 5.32 Å². The number of nitrogens with zero attached hydrogens (tertiary/aromatic N) is 4. The third-order valence-electron chi connectivity index (χ3n) is 4.27. The molecular weight excluding hydrogens is 294 g/mol. The Labute approximate surface area is 135 Å². The fourth-order valence-corrected chi connectivity index (χ4v) is 3.14. The third kappa shape index (κ3) is 3.14. The number of imidazole rings is 1. The molecule has 0 bridgehead atoms. The highest BCUT2D eigenvalue weighted by atomic mass is 16.5. The fraction of sp³-hybridized carbons (Fsp3) is 0.562. The van der Waals surface area contributed by atoms with Crippen LogP contribution >= 0.6 is 0 Å². The van der Waals surface area contributed by atoms with Gasteiger partial charge in [-0.1, -0.05) is 0 Å². The number of urea groups is 1. The van der Waals surface area contributed by atoms with E-state index >= 15 is 0 Å². The van der Waals surface area contributed by atoms with Crippen molar-refractivity contribution in [2.75, 3.05) is 33.4 Å². The molecule has 1 saturated heterocycles. The molecule has 0 aromatic carbocycles. The zero-order valence-electron chi connectivity index (χ0n) is 13.7. The number of hydrogen-bond acceptors (Lipinski definition) is 4. The van der Waals surface area contributed by atoms with Crippen LogP contribution in [0.1, 0.15) is 25.1 Å². The van der Waals surface area contributed by atoms with Crippen LogP contribution in [0.15, 0.2) is 18.5 Å². The van der Waals surface area contributed by atoms with Crippen LogP contribution in [-0.4, -0.2) is 58.8 Å². The number of hydrogen-bond donors (Lipinski definition) is 1. The maximum Gasteiger partial charge on any atom is 0.317 e. The van der Waals surface area contributed by atoms with Gasteiger partial charge in [-0.15, -0.1) is 0 Å². The Balaban J connectivity index is 1.86. The zero-order chi connectivity index (χ0) is 16.2. The van der Waals surface area contributed by atoms with Crippen LogP contribution in [0.5, 0.6) is 0 Å². The van der Waals surface area contributed by atoms with Crippen molar-refractivity contribution in [1.29, 1.82) is 0 Å². The first-order chi connectivity index (χ1) is 11.2. The lowest BCUT2D eigenvalue weighted by molar-refractivity contribution is 0.186. The first-order valence-electron chi connectivity index (χ1n) is 8.06. The van der Waals surface area contributed by atoms with E-state index in [9.17, 15) is 4.79 Å². The summed E-state index contributed by atoms with van der Waals surface area (Å²) in [6.45, 7) is 5.42. The summed E-state index contributed by atoms with van der Waals surface area (Å²) in [5.41, 5.74) is 1.97. The van der Waals surface area contributed by atoms with E-state index in [1.807, 2.05) is 24.1 Å². The van der Waals surface area contributed by atoms with E-state index in [-0.39, 0.29) is 11.9 Å². The van der Waals surface area contributed by atoms with Crippen LogP contribution in [0.3, 0.4) is 0 Å². The predicted octanol–water partition coefficient (Wildman–Crippen LogP) is 1.60. The van der Waals surface area contributed by atoms with E-state index in [0.29, 0.717) is 19.7 Å². The number of likely N-dealkylation sites (tertiary alicyclic amines) is 1. The van der Waals surface area contributed by atoms with Crippen LogP contribution in [0.4, 0.5) is 4.79 Å². The summed E-state index contributed by atoms with van der Waals surface area (Å²) in [4.78, 5) is 22.9. The van der Waals surface area contributed by atoms with Gasteiger partial charge in [-0.05, 0) is 19.4 Å². The van der Waals surface area contributed by atoms with Crippen LogP contribution in [-0.2, 0) is 11.3 Å². The van der Waals surface area contributed by atoms with Gasteiger partial charge in [-0.25, -0.2) is 9.78 Å². The monoisotopic (exact) mass is 317 g/mol. The topological polar surface area (TPSA) is 72.3 Å². The van der Waals surface area contributed by atoms with Crippen molar-refractivity contribution >= 4 is 17.1 Å². The summed E-state index contributed by atoms with van der Waals surface area (Å²) in [5, 5.41) is 2.86. The molecule has 7 heteroatoms. The molecule has 3 heterocycles. The van der Waals surface area contributed by atoms with Gasteiger partial charge in [0.15, 0.2) is 0 Å². The van der Waals surface area contributed by atoms with E-state index in [2.05, 4.69) is 14.9 Å². The number of methoxy groups -OCH3 is 1. The van der Waals surface area contributed by atoms with Crippen molar-refractivity contribution < 1.29 is 9.53 Å². The summed E-state index contributed by atoms with van der Waals surface area (Å²) in [5.74, 6) is 1.28. The second-order valence-electron chi connectivity index (χ2n) is 5.75. The molecule has 7 nitrogen and oxygen atoms in total. The molecule has 3 rings (SSSR count). The Morgan fingerprint density at radius 1 is 1.52 bits per heavy atom. The fourth-order valence-electron chi connectivity index (χ4n) is 3.14. The number of ether oxygens (including phenoxy) is 1. The molecule has 2 aromatic rings. The van der Waals surface area contributed by atoms with Crippen molar-refractivity contribution in [3.05, 3.63) is 24.3 Å². The molecule has 1 aliphatic heterocycles. The van der Waals surface area contributed by atoms with Crippen molar-refractivity contribution in [2.45, 2.75) is 25.8 Å². The lowest BCUT2D eigenvalue weighted by Gasteiger charge is -2.17. The van der Waals surface area contributed by atoms with Crippen molar-refractivity contribution in [1.82, 2.24) is 24.8 Å². The molecule has 0 aliphatic carbocycles. The minimum Gasteiger partial charge on any atom is -0.383 e. The molecule has 1 atom stereocenters. The van der Waals surface area contributed by atoms with Crippen molar-refractivity contribution in [2.24, 2.45) is 0 Å². The molecular formula is C16H23N5O2. The van der Waals surface area contributed by atoms with Gasteiger partial charge in [0.05, 0.1) is 23.8 Å². The van der Waals surface area contributed by atoms with Crippen LogP contribution in [0.2, 0.25) is 0 Å². The molecule has 0 spiro atoms. The Morgan fingerprint density at radius 3 is 3.17 bits per heavy atom. The maximum absolute atomic E-state index is 12.0. The predicted molar refractivity (Wildman–Crippen MR) is 87.4 cm³/mol. The Morgan fingerprint density at radius 2 is 2.39 bits per heavy atom. The molecule has 2 amide bonds. The van der Waals surface area contributed by atoms with E-state index in [0.717, 1.165) is 36.4 Å². The zero-order valence-corrected chi connectivity index (χ0v) is 13.7. The Bertz CT molecular complexity index is 684. The summed E-state index contributed by atoms with van der Waals surface area (Å²) >= 11 is 0. The highest BCUT2D eigenvalue weighted by Gasteiger charge is 2.30. The van der Waals surface area contributed by atoms with E-state index < -0.39 is 0 Å². The summed E-state index contributed by atoms with van der Waals surface area (Å²) in [6, 6.07) is 1.94. The average Bonchev–Trinajstić information content (AvgIpc) is 3.18. The van der Waals surface area contributed by atoms with Gasteiger partial charge >= 0.3 is 6.03 Å². The van der Waals surface area contributed by atoms with Gasteiger partial charge in [0.25, 0.3) is 0 Å². The minimum absolute atomic E-state index is 0.0104. The molecule has 0 radical (unpaired) electrons. The average molecular weight is 317 g/mol. The number of aromatic nitrogens is 3. The normalized spacial score (nSPS) is 17.8. The smallest absolute Gasteiger partial charge is 0.317 e. The molecule has 1 N–H and O–H groups in total. The van der Waals surface area contributed by atoms with Gasteiger partial charge in [0.1, 0.15) is 5.82 Å². The number of rotatable bonds is 5. The largest absolute Gasteiger partial charge is 0.383 e. The van der Waals surface area contributed by atoms with Gasteiger partial charge in [0.2, 0.25) is 0 Å². The SMILES string of the molecule is CCNC(=O)N1CC[C@@H](c2nc3ccncc3n2CCOC)C1. The quantitative estimate of drug-likeness (QED) is 0.909. The molecule has 0 unspecified atom stereocenters. The first-order valence-corrected chi connectivity index (χ1v) is 8.06. The molecule has 1 fully saturated rings. The molecule has 0 saturated carbocycles. The van der Waals surface area contributed by atoms with E-state index in [1.165, 1.54) is 0 Å². The Kier molecular flexibility index (Phi) is 4.76. The molecule has 23 heavy (non-hydrogen) atoms. The van der Waals surface area contributed by atoms with E-state index in [4.69, 9.17) is 9.72 Å². The second kappa shape index (κ2) is 6.95. The maximum atomic E-state index is 12.0. The number of fused-ring (bicyclic) bond motifs is 1. The van der Waals surface area contributed by atoms with Gasteiger partial charge in [0, 0.05) is 45.4 Å². The molecule has 2 aromatic heterocycles. The number of carbonyl (C=O) groups excluding carboxylic acids is 1. The Hall–Kier alpha value is -2.15.